The normalized spacial score (nSPS) is 11.2. The van der Waals surface area contributed by atoms with Crippen LogP contribution in [-0.2, 0) is 12.5 Å². The molecule has 7 heteroatoms. The van der Waals surface area contributed by atoms with Crippen LogP contribution in [0.2, 0.25) is 0 Å². The second-order valence-electron chi connectivity index (χ2n) is 5.39. The standard InChI is InChI=1S/C14H18N4O2S/c1-14(2,10-5-4-6-21-10)8-15-13(20)17-11-7-12(19)18(3)9-16-11/h4-7,9H,8H2,1-3H3,(H2,15,17,20). The zero-order valence-electron chi connectivity index (χ0n) is 12.2. The van der Waals surface area contributed by atoms with Gasteiger partial charge in [0.05, 0.1) is 6.33 Å². The van der Waals surface area contributed by atoms with Crippen LogP contribution in [0.4, 0.5) is 10.6 Å². The Hall–Kier alpha value is -2.15. The van der Waals surface area contributed by atoms with Gasteiger partial charge in [-0.3, -0.25) is 10.1 Å². The molecule has 0 saturated heterocycles. The number of thiophene rings is 1. The first-order chi connectivity index (χ1) is 9.88. The van der Waals surface area contributed by atoms with Gasteiger partial charge in [0.15, 0.2) is 0 Å². The Morgan fingerprint density at radius 3 is 2.86 bits per heavy atom. The van der Waals surface area contributed by atoms with Crippen LogP contribution in [0.5, 0.6) is 0 Å². The van der Waals surface area contributed by atoms with Crippen LogP contribution >= 0.6 is 11.3 Å². The van der Waals surface area contributed by atoms with Crippen molar-refractivity contribution in [3.8, 4) is 0 Å². The second kappa shape index (κ2) is 6.09. The maximum atomic E-state index is 11.9. The average molecular weight is 306 g/mol. The van der Waals surface area contributed by atoms with Crippen molar-refractivity contribution in [1.82, 2.24) is 14.9 Å². The van der Waals surface area contributed by atoms with Crippen LogP contribution in [0.25, 0.3) is 0 Å². The van der Waals surface area contributed by atoms with Gasteiger partial charge in [0.1, 0.15) is 5.82 Å². The van der Waals surface area contributed by atoms with Crippen LogP contribution in [0.1, 0.15) is 18.7 Å². The molecule has 0 radical (unpaired) electrons. The zero-order valence-corrected chi connectivity index (χ0v) is 13.0. The van der Waals surface area contributed by atoms with Gasteiger partial charge in [0.25, 0.3) is 5.56 Å². The third kappa shape index (κ3) is 3.91. The van der Waals surface area contributed by atoms with E-state index in [1.165, 1.54) is 21.8 Å². The molecule has 112 valence electrons. The van der Waals surface area contributed by atoms with E-state index in [9.17, 15) is 9.59 Å². The lowest BCUT2D eigenvalue weighted by Gasteiger charge is -2.23. The molecular formula is C14H18N4O2S. The van der Waals surface area contributed by atoms with Gasteiger partial charge in [-0.15, -0.1) is 11.3 Å². The Bertz CT molecular complexity index is 677. The highest BCUT2D eigenvalue weighted by molar-refractivity contribution is 7.10. The molecule has 0 aliphatic heterocycles. The van der Waals surface area contributed by atoms with Crippen LogP contribution in [0, 0.1) is 0 Å². The monoisotopic (exact) mass is 306 g/mol. The minimum atomic E-state index is -0.375. The van der Waals surface area contributed by atoms with Gasteiger partial charge in [-0.2, -0.15) is 0 Å². The van der Waals surface area contributed by atoms with Crippen molar-refractivity contribution in [2.24, 2.45) is 7.05 Å². The topological polar surface area (TPSA) is 76.0 Å². The predicted octanol–water partition coefficient (Wildman–Crippen LogP) is 1.94. The number of aromatic nitrogens is 2. The van der Waals surface area contributed by atoms with Gasteiger partial charge in [-0.1, -0.05) is 19.9 Å². The lowest BCUT2D eigenvalue weighted by Crippen LogP contribution is -2.38. The van der Waals surface area contributed by atoms with Gasteiger partial charge in [-0.25, -0.2) is 9.78 Å². The van der Waals surface area contributed by atoms with Crippen molar-refractivity contribution in [3.05, 3.63) is 45.1 Å². The lowest BCUT2D eigenvalue weighted by atomic mass is 9.91. The van der Waals surface area contributed by atoms with Gasteiger partial charge in [-0.05, 0) is 11.4 Å². The summed E-state index contributed by atoms with van der Waals surface area (Å²) >= 11 is 1.66. The van der Waals surface area contributed by atoms with E-state index in [1.54, 1.807) is 18.4 Å². The number of carbonyl (C=O) groups is 1. The molecule has 0 bridgehead atoms. The first-order valence-electron chi connectivity index (χ1n) is 6.50. The first-order valence-corrected chi connectivity index (χ1v) is 7.38. The number of urea groups is 1. The minimum absolute atomic E-state index is 0.147. The fourth-order valence-corrected chi connectivity index (χ4v) is 2.59. The Balaban J connectivity index is 1.93. The van der Waals surface area contributed by atoms with E-state index < -0.39 is 0 Å². The Kier molecular flexibility index (Phi) is 4.42. The van der Waals surface area contributed by atoms with E-state index in [1.807, 2.05) is 17.5 Å². The fraction of sp³-hybridized carbons (Fsp3) is 0.357. The van der Waals surface area contributed by atoms with E-state index in [-0.39, 0.29) is 22.8 Å². The van der Waals surface area contributed by atoms with Gasteiger partial charge < -0.3 is 9.88 Å². The molecule has 2 amide bonds. The molecule has 0 saturated carbocycles. The Morgan fingerprint density at radius 1 is 1.48 bits per heavy atom. The smallest absolute Gasteiger partial charge is 0.320 e. The SMILES string of the molecule is Cn1cnc(NC(=O)NCC(C)(C)c2cccs2)cc1=O. The highest BCUT2D eigenvalue weighted by Gasteiger charge is 2.22. The van der Waals surface area contributed by atoms with Crippen molar-refractivity contribution in [3.63, 3.8) is 0 Å². The molecule has 21 heavy (non-hydrogen) atoms. The Labute approximate surface area is 126 Å². The average Bonchev–Trinajstić information content (AvgIpc) is 2.96. The van der Waals surface area contributed by atoms with E-state index >= 15 is 0 Å². The summed E-state index contributed by atoms with van der Waals surface area (Å²) in [6.07, 6.45) is 1.37. The van der Waals surface area contributed by atoms with Crippen molar-refractivity contribution in [1.29, 1.82) is 0 Å². The fourth-order valence-electron chi connectivity index (χ4n) is 1.74. The molecule has 2 aromatic rings. The summed E-state index contributed by atoms with van der Waals surface area (Å²) in [6, 6.07) is 4.95. The summed E-state index contributed by atoms with van der Waals surface area (Å²) in [6.45, 7) is 4.62. The number of rotatable bonds is 4. The molecule has 0 aromatic carbocycles. The minimum Gasteiger partial charge on any atom is -0.337 e. The van der Waals surface area contributed by atoms with E-state index in [2.05, 4.69) is 29.5 Å². The van der Waals surface area contributed by atoms with Gasteiger partial charge in [0, 0.05) is 30.0 Å². The summed E-state index contributed by atoms with van der Waals surface area (Å²) in [5, 5.41) is 7.37. The second-order valence-corrected chi connectivity index (χ2v) is 6.34. The van der Waals surface area contributed by atoms with Crippen molar-refractivity contribution >= 4 is 23.2 Å². The highest BCUT2D eigenvalue weighted by Crippen LogP contribution is 2.26. The van der Waals surface area contributed by atoms with E-state index in [4.69, 9.17) is 0 Å². The first kappa shape index (κ1) is 15.2. The number of nitrogens with one attached hydrogen (secondary N) is 2. The molecule has 2 heterocycles. The molecular weight excluding hydrogens is 288 g/mol. The van der Waals surface area contributed by atoms with Crippen molar-refractivity contribution < 1.29 is 4.79 Å². The molecule has 2 N–H and O–H groups in total. The highest BCUT2D eigenvalue weighted by atomic mass is 32.1. The molecule has 0 fully saturated rings. The summed E-state index contributed by atoms with van der Waals surface area (Å²) in [7, 11) is 1.60. The predicted molar refractivity (Wildman–Crippen MR) is 83.8 cm³/mol. The number of carbonyl (C=O) groups excluding carboxylic acids is 1. The third-order valence-corrected chi connectivity index (χ3v) is 4.33. The van der Waals surface area contributed by atoms with Gasteiger partial charge in [0.2, 0.25) is 0 Å². The van der Waals surface area contributed by atoms with Crippen molar-refractivity contribution in [2.75, 3.05) is 11.9 Å². The third-order valence-electron chi connectivity index (χ3n) is 3.10. The molecule has 6 nitrogen and oxygen atoms in total. The molecule has 0 atom stereocenters. The van der Waals surface area contributed by atoms with Crippen LogP contribution in [0.3, 0.4) is 0 Å². The lowest BCUT2D eigenvalue weighted by molar-refractivity contribution is 0.249. The molecule has 0 spiro atoms. The quantitative estimate of drug-likeness (QED) is 0.906. The maximum absolute atomic E-state index is 11.9. The summed E-state index contributed by atoms with van der Waals surface area (Å²) in [5.74, 6) is 0.240. The number of anilines is 1. The van der Waals surface area contributed by atoms with E-state index in [0.717, 1.165) is 0 Å². The molecule has 0 unspecified atom stereocenters. The zero-order chi connectivity index (χ0) is 15.5. The number of hydrogen-bond acceptors (Lipinski definition) is 4. The maximum Gasteiger partial charge on any atom is 0.320 e. The molecule has 0 aliphatic carbocycles. The summed E-state index contributed by atoms with van der Waals surface area (Å²) < 4.78 is 1.34. The van der Waals surface area contributed by atoms with Crippen LogP contribution < -0.4 is 16.2 Å². The number of aryl methyl sites for hydroxylation is 1. The largest absolute Gasteiger partial charge is 0.337 e. The molecule has 2 aromatic heterocycles. The molecule has 0 aliphatic rings. The van der Waals surface area contributed by atoms with Crippen LogP contribution in [0.15, 0.2) is 34.7 Å². The Morgan fingerprint density at radius 2 is 2.24 bits per heavy atom. The van der Waals surface area contributed by atoms with Gasteiger partial charge >= 0.3 is 6.03 Å². The number of hydrogen-bond donors (Lipinski definition) is 2. The van der Waals surface area contributed by atoms with Crippen molar-refractivity contribution in [2.45, 2.75) is 19.3 Å². The summed E-state index contributed by atoms with van der Waals surface area (Å²) in [5.41, 5.74) is -0.370. The number of nitrogens with zero attached hydrogens (tertiary/aromatic N) is 2. The molecule has 2 rings (SSSR count). The summed E-state index contributed by atoms with van der Waals surface area (Å²) in [4.78, 5) is 28.5. The van der Waals surface area contributed by atoms with E-state index in [0.29, 0.717) is 6.54 Å². The number of amides is 2. The van der Waals surface area contributed by atoms with Crippen LogP contribution in [-0.4, -0.2) is 22.1 Å².